The summed E-state index contributed by atoms with van der Waals surface area (Å²) in [6, 6.07) is 22.5. The molecule has 3 rings (SSSR count). The van der Waals surface area contributed by atoms with Crippen LogP contribution < -0.4 is 5.32 Å². The zero-order valence-corrected chi connectivity index (χ0v) is 19.2. The molecule has 3 aromatic rings. The van der Waals surface area contributed by atoms with E-state index in [1.54, 1.807) is 11.8 Å². The molecule has 0 saturated carbocycles. The van der Waals surface area contributed by atoms with Gasteiger partial charge in [-0.15, -0.1) is 0 Å². The Kier molecular flexibility index (Phi) is 8.71. The summed E-state index contributed by atoms with van der Waals surface area (Å²) in [5, 5.41) is 4.92. The van der Waals surface area contributed by atoms with Gasteiger partial charge in [-0.2, -0.15) is 11.8 Å². The zero-order chi connectivity index (χ0) is 21.3. The van der Waals surface area contributed by atoms with Crippen molar-refractivity contribution in [3.8, 4) is 0 Å². The van der Waals surface area contributed by atoms with E-state index in [0.717, 1.165) is 22.4 Å². The fourth-order valence-electron chi connectivity index (χ4n) is 2.82. The summed E-state index contributed by atoms with van der Waals surface area (Å²) in [7, 11) is 0. The molecule has 1 amide bonds. The number of hydrogen-bond acceptors (Lipinski definition) is 2. The SMILES string of the molecule is O=C(NCCSCc1c(Cl)cccc1Cl)C(=Cc1ccccc1Cl)c1ccccc1. The molecule has 1 N–H and O–H groups in total. The van der Waals surface area contributed by atoms with E-state index in [2.05, 4.69) is 5.32 Å². The summed E-state index contributed by atoms with van der Waals surface area (Å²) in [5.74, 6) is 1.29. The maximum Gasteiger partial charge on any atom is 0.251 e. The number of nitrogens with one attached hydrogen (secondary N) is 1. The molecule has 0 saturated heterocycles. The van der Waals surface area contributed by atoms with Gasteiger partial charge in [0.05, 0.1) is 0 Å². The lowest BCUT2D eigenvalue weighted by molar-refractivity contribution is -0.115. The summed E-state index contributed by atoms with van der Waals surface area (Å²) in [6.07, 6.45) is 1.82. The lowest BCUT2D eigenvalue weighted by atomic mass is 10.0. The van der Waals surface area contributed by atoms with Gasteiger partial charge in [-0.1, -0.05) is 89.4 Å². The Labute approximate surface area is 196 Å². The van der Waals surface area contributed by atoms with Gasteiger partial charge in [0, 0.05) is 38.7 Å². The molecule has 154 valence electrons. The predicted molar refractivity (Wildman–Crippen MR) is 131 cm³/mol. The van der Waals surface area contributed by atoms with Crippen molar-refractivity contribution in [3.63, 3.8) is 0 Å². The van der Waals surface area contributed by atoms with Crippen LogP contribution in [0.2, 0.25) is 15.1 Å². The van der Waals surface area contributed by atoms with Gasteiger partial charge in [0.25, 0.3) is 5.91 Å². The average Bonchev–Trinajstić information content (AvgIpc) is 2.75. The molecular formula is C24H20Cl3NOS. The first kappa shape index (κ1) is 22.8. The van der Waals surface area contributed by atoms with Gasteiger partial charge < -0.3 is 5.32 Å². The second-order valence-corrected chi connectivity index (χ2v) is 8.78. The molecule has 0 radical (unpaired) electrons. The first-order valence-corrected chi connectivity index (χ1v) is 11.7. The largest absolute Gasteiger partial charge is 0.351 e. The van der Waals surface area contributed by atoms with Crippen LogP contribution in [0.4, 0.5) is 0 Å². The third-order valence-electron chi connectivity index (χ3n) is 4.37. The Morgan fingerprint density at radius 3 is 2.17 bits per heavy atom. The first-order chi connectivity index (χ1) is 14.6. The average molecular weight is 477 g/mol. The molecule has 0 spiro atoms. The van der Waals surface area contributed by atoms with Crippen LogP contribution in [0.5, 0.6) is 0 Å². The predicted octanol–water partition coefficient (Wildman–Crippen LogP) is 7.24. The van der Waals surface area contributed by atoms with Crippen molar-refractivity contribution in [3.05, 3.63) is 105 Å². The van der Waals surface area contributed by atoms with Crippen molar-refractivity contribution in [2.75, 3.05) is 12.3 Å². The Hall–Kier alpha value is -1.91. The van der Waals surface area contributed by atoms with Crippen LogP contribution in [0.15, 0.2) is 72.8 Å². The van der Waals surface area contributed by atoms with Gasteiger partial charge in [0.1, 0.15) is 0 Å². The van der Waals surface area contributed by atoms with Crippen LogP contribution >= 0.6 is 46.6 Å². The molecule has 6 heteroatoms. The highest BCUT2D eigenvalue weighted by Crippen LogP contribution is 2.28. The summed E-state index contributed by atoms with van der Waals surface area (Å²) in [4.78, 5) is 12.9. The fraction of sp³-hybridized carbons (Fsp3) is 0.125. The molecule has 0 fully saturated rings. The molecule has 0 aromatic heterocycles. The molecule has 0 aliphatic rings. The summed E-state index contributed by atoms with van der Waals surface area (Å²) >= 11 is 20.4. The van der Waals surface area contributed by atoms with Crippen molar-refractivity contribution in [2.45, 2.75) is 5.75 Å². The summed E-state index contributed by atoms with van der Waals surface area (Å²) < 4.78 is 0. The number of benzene rings is 3. The van der Waals surface area contributed by atoms with E-state index in [-0.39, 0.29) is 5.91 Å². The first-order valence-electron chi connectivity index (χ1n) is 9.36. The Bertz CT molecular complexity index is 1020. The van der Waals surface area contributed by atoms with E-state index in [4.69, 9.17) is 34.8 Å². The quantitative estimate of drug-likeness (QED) is 0.211. The minimum absolute atomic E-state index is 0.141. The number of carbonyl (C=O) groups excluding carboxylic acids is 1. The standard InChI is InChI=1S/C24H20Cl3NOS/c25-21-10-5-4-9-18(21)15-19(17-7-2-1-3-8-17)24(29)28-13-14-30-16-20-22(26)11-6-12-23(20)27/h1-12,15H,13-14,16H2,(H,28,29). The highest BCUT2D eigenvalue weighted by atomic mass is 35.5. The van der Waals surface area contributed by atoms with Crippen molar-refractivity contribution in [2.24, 2.45) is 0 Å². The van der Waals surface area contributed by atoms with Crippen LogP contribution in [-0.4, -0.2) is 18.2 Å². The van der Waals surface area contributed by atoms with Crippen molar-refractivity contribution >= 4 is 64.1 Å². The highest BCUT2D eigenvalue weighted by molar-refractivity contribution is 7.98. The summed E-state index contributed by atoms with van der Waals surface area (Å²) in [6.45, 7) is 0.526. The molecule has 30 heavy (non-hydrogen) atoms. The van der Waals surface area contributed by atoms with Crippen LogP contribution in [-0.2, 0) is 10.5 Å². The topological polar surface area (TPSA) is 29.1 Å². The minimum Gasteiger partial charge on any atom is -0.351 e. The number of thioether (sulfide) groups is 1. The lowest BCUT2D eigenvalue weighted by Crippen LogP contribution is -2.26. The third-order valence-corrected chi connectivity index (χ3v) is 6.41. The number of hydrogen-bond donors (Lipinski definition) is 1. The van der Waals surface area contributed by atoms with Crippen LogP contribution in [0.1, 0.15) is 16.7 Å². The maximum atomic E-state index is 12.9. The molecular weight excluding hydrogens is 457 g/mol. The van der Waals surface area contributed by atoms with E-state index in [0.29, 0.717) is 32.9 Å². The van der Waals surface area contributed by atoms with E-state index in [1.165, 1.54) is 0 Å². The Morgan fingerprint density at radius 2 is 1.47 bits per heavy atom. The van der Waals surface area contributed by atoms with Gasteiger partial charge in [-0.3, -0.25) is 4.79 Å². The van der Waals surface area contributed by atoms with Crippen LogP contribution in [0.3, 0.4) is 0 Å². The molecule has 2 nitrogen and oxygen atoms in total. The van der Waals surface area contributed by atoms with Crippen LogP contribution in [0.25, 0.3) is 11.6 Å². The number of rotatable bonds is 8. The fourth-order valence-corrected chi connectivity index (χ4v) is 4.61. The smallest absolute Gasteiger partial charge is 0.251 e. The van der Waals surface area contributed by atoms with Crippen molar-refractivity contribution in [1.82, 2.24) is 5.32 Å². The molecule has 0 heterocycles. The Balaban J connectivity index is 1.64. The van der Waals surface area contributed by atoms with E-state index in [9.17, 15) is 4.79 Å². The van der Waals surface area contributed by atoms with Gasteiger partial charge in [0.15, 0.2) is 0 Å². The van der Waals surface area contributed by atoms with Gasteiger partial charge in [-0.25, -0.2) is 0 Å². The number of halogens is 3. The third kappa shape index (κ3) is 6.29. The molecule has 3 aromatic carbocycles. The van der Waals surface area contributed by atoms with E-state index in [1.807, 2.05) is 78.9 Å². The van der Waals surface area contributed by atoms with Crippen molar-refractivity contribution in [1.29, 1.82) is 0 Å². The van der Waals surface area contributed by atoms with Gasteiger partial charge in [-0.05, 0) is 41.0 Å². The van der Waals surface area contributed by atoms with Crippen molar-refractivity contribution < 1.29 is 4.79 Å². The molecule has 0 atom stereocenters. The van der Waals surface area contributed by atoms with E-state index < -0.39 is 0 Å². The number of carbonyl (C=O) groups is 1. The van der Waals surface area contributed by atoms with Crippen LogP contribution in [0, 0.1) is 0 Å². The Morgan fingerprint density at radius 1 is 0.833 bits per heavy atom. The zero-order valence-electron chi connectivity index (χ0n) is 16.1. The summed E-state index contributed by atoms with van der Waals surface area (Å²) in [5.41, 5.74) is 3.13. The second-order valence-electron chi connectivity index (χ2n) is 6.45. The normalized spacial score (nSPS) is 11.4. The molecule has 0 aliphatic carbocycles. The molecule has 0 aliphatic heterocycles. The monoisotopic (exact) mass is 475 g/mol. The number of amides is 1. The molecule has 0 bridgehead atoms. The lowest BCUT2D eigenvalue weighted by Gasteiger charge is -2.11. The maximum absolute atomic E-state index is 12.9. The van der Waals surface area contributed by atoms with E-state index >= 15 is 0 Å². The minimum atomic E-state index is -0.141. The second kappa shape index (κ2) is 11.5. The highest BCUT2D eigenvalue weighted by Gasteiger charge is 2.13. The van der Waals surface area contributed by atoms with Gasteiger partial charge in [0.2, 0.25) is 0 Å². The van der Waals surface area contributed by atoms with Gasteiger partial charge >= 0.3 is 0 Å². The molecule has 0 unspecified atom stereocenters.